The van der Waals surface area contributed by atoms with Crippen molar-refractivity contribution in [2.45, 2.75) is 0 Å². The highest BCUT2D eigenvalue weighted by atomic mass is 35.5. The van der Waals surface area contributed by atoms with Gasteiger partial charge in [-0.05, 0) is 12.1 Å². The second kappa shape index (κ2) is 4.70. The SMILES string of the molecule is O=C(Nc1ccon1)c1cc(Cl)c2ccccc2n1. The molecule has 0 spiro atoms. The van der Waals surface area contributed by atoms with Gasteiger partial charge in [-0.3, -0.25) is 4.79 Å². The molecule has 0 saturated heterocycles. The Balaban J connectivity index is 1.98. The highest BCUT2D eigenvalue weighted by Gasteiger charge is 2.12. The molecule has 19 heavy (non-hydrogen) atoms. The number of carbonyl (C=O) groups excluding carboxylic acids is 1. The number of benzene rings is 1. The highest BCUT2D eigenvalue weighted by Crippen LogP contribution is 2.23. The van der Waals surface area contributed by atoms with Crippen molar-refractivity contribution < 1.29 is 9.32 Å². The Morgan fingerprint density at radius 1 is 1.26 bits per heavy atom. The van der Waals surface area contributed by atoms with Crippen LogP contribution in [0.15, 0.2) is 47.2 Å². The standard InChI is InChI=1S/C13H8ClN3O2/c14-9-7-11(13(18)16-12-5-6-19-17-12)15-10-4-2-1-3-8(9)10/h1-7H,(H,16,17,18). The Hall–Kier alpha value is -2.40. The summed E-state index contributed by atoms with van der Waals surface area (Å²) in [5.74, 6) is -0.0577. The molecular weight excluding hydrogens is 266 g/mol. The molecule has 0 unspecified atom stereocenters. The van der Waals surface area contributed by atoms with Crippen molar-refractivity contribution >= 4 is 34.2 Å². The zero-order valence-corrected chi connectivity index (χ0v) is 10.4. The first kappa shape index (κ1) is 11.7. The van der Waals surface area contributed by atoms with Gasteiger partial charge >= 0.3 is 0 Å². The van der Waals surface area contributed by atoms with Crippen LogP contribution in [0.4, 0.5) is 5.82 Å². The average Bonchev–Trinajstić information content (AvgIpc) is 2.91. The second-order valence-corrected chi connectivity index (χ2v) is 4.25. The number of rotatable bonds is 2. The van der Waals surface area contributed by atoms with Crippen molar-refractivity contribution in [1.82, 2.24) is 10.1 Å². The third-order valence-corrected chi connectivity index (χ3v) is 2.89. The summed E-state index contributed by atoms with van der Waals surface area (Å²) in [7, 11) is 0. The molecule has 0 fully saturated rings. The third-order valence-electron chi connectivity index (χ3n) is 2.58. The quantitative estimate of drug-likeness (QED) is 0.779. The van der Waals surface area contributed by atoms with Crippen molar-refractivity contribution in [2.75, 3.05) is 5.32 Å². The fourth-order valence-electron chi connectivity index (χ4n) is 1.71. The fraction of sp³-hybridized carbons (Fsp3) is 0. The van der Waals surface area contributed by atoms with Crippen molar-refractivity contribution in [3.8, 4) is 0 Å². The van der Waals surface area contributed by atoms with Gasteiger partial charge in [-0.25, -0.2) is 4.98 Å². The number of nitrogens with one attached hydrogen (secondary N) is 1. The van der Waals surface area contributed by atoms with Gasteiger partial charge in [0.15, 0.2) is 5.82 Å². The molecule has 1 aromatic carbocycles. The highest BCUT2D eigenvalue weighted by molar-refractivity contribution is 6.35. The van der Waals surface area contributed by atoms with Gasteiger partial charge in [-0.2, -0.15) is 0 Å². The van der Waals surface area contributed by atoms with Crippen molar-refractivity contribution in [3.05, 3.63) is 53.4 Å². The summed E-state index contributed by atoms with van der Waals surface area (Å²) in [6.07, 6.45) is 1.37. The van der Waals surface area contributed by atoms with Crippen LogP contribution in [0.5, 0.6) is 0 Å². The number of pyridine rings is 1. The van der Waals surface area contributed by atoms with E-state index in [2.05, 4.69) is 20.0 Å². The van der Waals surface area contributed by atoms with Crippen LogP contribution < -0.4 is 5.32 Å². The van der Waals surface area contributed by atoms with Gasteiger partial charge in [-0.1, -0.05) is 35.0 Å². The van der Waals surface area contributed by atoms with E-state index in [4.69, 9.17) is 11.6 Å². The lowest BCUT2D eigenvalue weighted by Gasteiger charge is -2.04. The Labute approximate surface area is 113 Å². The molecule has 0 atom stereocenters. The van der Waals surface area contributed by atoms with Crippen LogP contribution in [-0.4, -0.2) is 16.0 Å². The van der Waals surface area contributed by atoms with Gasteiger partial charge in [0.05, 0.1) is 10.5 Å². The number of anilines is 1. The van der Waals surface area contributed by atoms with E-state index in [1.54, 1.807) is 12.1 Å². The van der Waals surface area contributed by atoms with E-state index in [-0.39, 0.29) is 11.6 Å². The van der Waals surface area contributed by atoms with Gasteiger partial charge in [0.2, 0.25) is 0 Å². The average molecular weight is 274 g/mol. The number of hydrogen-bond donors (Lipinski definition) is 1. The molecule has 3 rings (SSSR count). The molecule has 0 aliphatic carbocycles. The fourth-order valence-corrected chi connectivity index (χ4v) is 1.97. The predicted octanol–water partition coefficient (Wildman–Crippen LogP) is 3.13. The Kier molecular flexibility index (Phi) is 2.89. The van der Waals surface area contributed by atoms with E-state index >= 15 is 0 Å². The number of hydrogen-bond acceptors (Lipinski definition) is 4. The van der Waals surface area contributed by atoms with Gasteiger partial charge in [0, 0.05) is 11.5 Å². The van der Waals surface area contributed by atoms with Crippen molar-refractivity contribution in [2.24, 2.45) is 0 Å². The molecule has 6 heteroatoms. The van der Waals surface area contributed by atoms with Gasteiger partial charge in [-0.15, -0.1) is 0 Å². The maximum atomic E-state index is 12.0. The summed E-state index contributed by atoms with van der Waals surface area (Å²) in [6.45, 7) is 0. The molecule has 3 aromatic rings. The van der Waals surface area contributed by atoms with Crippen LogP contribution in [-0.2, 0) is 0 Å². The van der Waals surface area contributed by atoms with Crippen LogP contribution in [0, 0.1) is 0 Å². The molecule has 5 nitrogen and oxygen atoms in total. The first-order valence-electron chi connectivity index (χ1n) is 5.51. The van der Waals surface area contributed by atoms with Crippen LogP contribution >= 0.6 is 11.6 Å². The number of fused-ring (bicyclic) bond motifs is 1. The summed E-state index contributed by atoms with van der Waals surface area (Å²) in [6, 6.07) is 10.4. The predicted molar refractivity (Wildman–Crippen MR) is 71.2 cm³/mol. The molecular formula is C13H8ClN3O2. The third kappa shape index (κ3) is 2.28. The van der Waals surface area contributed by atoms with E-state index in [1.807, 2.05) is 18.2 Å². The van der Waals surface area contributed by atoms with Gasteiger partial charge in [0.25, 0.3) is 5.91 Å². The van der Waals surface area contributed by atoms with E-state index in [1.165, 1.54) is 12.3 Å². The van der Waals surface area contributed by atoms with Crippen LogP contribution in [0.3, 0.4) is 0 Å². The normalized spacial score (nSPS) is 10.6. The lowest BCUT2D eigenvalue weighted by molar-refractivity contribution is 0.102. The smallest absolute Gasteiger partial charge is 0.275 e. The van der Waals surface area contributed by atoms with E-state index < -0.39 is 0 Å². The first-order chi connectivity index (χ1) is 9.24. The first-order valence-corrected chi connectivity index (χ1v) is 5.89. The summed E-state index contributed by atoms with van der Waals surface area (Å²) >= 11 is 6.13. The minimum atomic E-state index is -0.387. The minimum absolute atomic E-state index is 0.228. The molecule has 1 N–H and O–H groups in total. The molecule has 94 valence electrons. The molecule has 0 saturated carbocycles. The zero-order valence-electron chi connectivity index (χ0n) is 9.63. The monoisotopic (exact) mass is 273 g/mol. The Morgan fingerprint density at radius 3 is 2.89 bits per heavy atom. The van der Waals surface area contributed by atoms with Crippen molar-refractivity contribution in [3.63, 3.8) is 0 Å². The maximum Gasteiger partial charge on any atom is 0.275 e. The Bertz CT molecular complexity index is 741. The number of aromatic nitrogens is 2. The van der Waals surface area contributed by atoms with Gasteiger partial charge < -0.3 is 9.84 Å². The topological polar surface area (TPSA) is 68.0 Å². The molecule has 2 heterocycles. The lowest BCUT2D eigenvalue weighted by atomic mass is 10.2. The van der Waals surface area contributed by atoms with Crippen molar-refractivity contribution in [1.29, 1.82) is 0 Å². The summed E-state index contributed by atoms with van der Waals surface area (Å²) in [5.41, 5.74) is 0.895. The van der Waals surface area contributed by atoms with Crippen LogP contribution in [0.2, 0.25) is 5.02 Å². The number of nitrogens with zero attached hydrogens (tertiary/aromatic N) is 2. The summed E-state index contributed by atoms with van der Waals surface area (Å²) < 4.78 is 4.63. The summed E-state index contributed by atoms with van der Waals surface area (Å²) in [4.78, 5) is 16.3. The summed E-state index contributed by atoms with van der Waals surface area (Å²) in [5, 5.41) is 7.45. The lowest BCUT2D eigenvalue weighted by Crippen LogP contribution is -2.14. The molecule has 2 aromatic heterocycles. The molecule has 0 aliphatic heterocycles. The van der Waals surface area contributed by atoms with E-state index in [0.717, 1.165) is 5.39 Å². The molecule has 0 aliphatic rings. The van der Waals surface area contributed by atoms with Crippen LogP contribution in [0.1, 0.15) is 10.5 Å². The number of amides is 1. The zero-order chi connectivity index (χ0) is 13.2. The van der Waals surface area contributed by atoms with E-state index in [0.29, 0.717) is 16.4 Å². The molecule has 0 radical (unpaired) electrons. The maximum absolute atomic E-state index is 12.0. The van der Waals surface area contributed by atoms with E-state index in [9.17, 15) is 4.79 Å². The minimum Gasteiger partial charge on any atom is -0.363 e. The molecule has 0 bridgehead atoms. The number of carbonyl (C=O) groups is 1. The number of halogens is 1. The van der Waals surface area contributed by atoms with Gasteiger partial charge in [0.1, 0.15) is 12.0 Å². The second-order valence-electron chi connectivity index (χ2n) is 3.85. The largest absolute Gasteiger partial charge is 0.363 e. The van der Waals surface area contributed by atoms with Crippen LogP contribution in [0.25, 0.3) is 10.9 Å². The number of para-hydroxylation sites is 1. The molecule has 1 amide bonds. The Morgan fingerprint density at radius 2 is 2.11 bits per heavy atom.